The van der Waals surface area contributed by atoms with E-state index in [1.165, 1.54) is 0 Å². The van der Waals surface area contributed by atoms with Crippen LogP contribution in [0.1, 0.15) is 71.2 Å². The van der Waals surface area contributed by atoms with Gasteiger partial charge in [-0.3, -0.25) is 0 Å². The molecule has 5 heteroatoms. The average Bonchev–Trinajstić information content (AvgIpc) is 2.43. The van der Waals surface area contributed by atoms with Gasteiger partial charge in [0.1, 0.15) is 5.75 Å². The quantitative estimate of drug-likeness (QED) is 0.816. The lowest BCUT2D eigenvalue weighted by Crippen LogP contribution is -2.32. The molecular weight excluding hydrogens is 309 g/mol. The van der Waals surface area contributed by atoms with Crippen LogP contribution in [0.5, 0.6) is 5.75 Å². The molecule has 1 aromatic rings. The molecule has 0 amide bonds. The van der Waals surface area contributed by atoms with Gasteiger partial charge in [0.25, 0.3) is 0 Å². The van der Waals surface area contributed by atoms with Gasteiger partial charge in [-0.2, -0.15) is 0 Å². The number of alkyl halides is 1. The molecule has 0 saturated heterocycles. The number of ether oxygens (including phenoxy) is 1. The third kappa shape index (κ3) is 4.47. The van der Waals surface area contributed by atoms with Crippen molar-refractivity contribution in [3.05, 3.63) is 28.8 Å². The second-order valence-electron chi connectivity index (χ2n) is 8.14. The molecule has 24 heavy (non-hydrogen) atoms. The van der Waals surface area contributed by atoms with Gasteiger partial charge in [-0.15, -0.1) is 0 Å². The summed E-state index contributed by atoms with van der Waals surface area (Å²) < 4.78 is 19.1. The summed E-state index contributed by atoms with van der Waals surface area (Å²) in [6, 6.07) is 2.22. The van der Waals surface area contributed by atoms with Crippen LogP contribution in [0.15, 0.2) is 12.1 Å². The Balaban J connectivity index is 3.46. The van der Waals surface area contributed by atoms with Crippen LogP contribution in [-0.4, -0.2) is 23.9 Å². The highest BCUT2D eigenvalue weighted by atomic mass is 19.1. The Morgan fingerprint density at radius 3 is 1.92 bits per heavy atom. The van der Waals surface area contributed by atoms with Crippen molar-refractivity contribution in [3.8, 4) is 5.75 Å². The van der Waals surface area contributed by atoms with Gasteiger partial charge in [-0.25, -0.2) is 9.18 Å². The highest BCUT2D eigenvalue weighted by molar-refractivity contribution is 5.76. The summed E-state index contributed by atoms with van der Waals surface area (Å²) in [6.45, 7) is 13.5. The Hall–Kier alpha value is -1.62. The Kier molecular flexibility index (Phi) is 6.04. The molecule has 0 heterocycles. The van der Waals surface area contributed by atoms with Crippen LogP contribution >= 0.6 is 0 Å². The number of esters is 1. The van der Waals surface area contributed by atoms with E-state index < -0.39 is 18.2 Å². The molecule has 4 nitrogen and oxygen atoms in total. The SMILES string of the molecule is CCOC(=O)C(F)[C@@H](N)c1cc(C(C)(C)C)c(O)c(C(C)(C)C)c1. The van der Waals surface area contributed by atoms with Gasteiger partial charge >= 0.3 is 5.97 Å². The third-order valence-electron chi connectivity index (χ3n) is 3.96. The minimum Gasteiger partial charge on any atom is -0.507 e. The average molecular weight is 339 g/mol. The second-order valence-corrected chi connectivity index (χ2v) is 8.14. The van der Waals surface area contributed by atoms with E-state index in [0.29, 0.717) is 16.7 Å². The number of phenols is 1. The van der Waals surface area contributed by atoms with Crippen molar-refractivity contribution in [1.82, 2.24) is 0 Å². The monoisotopic (exact) mass is 339 g/mol. The molecule has 1 unspecified atom stereocenters. The lowest BCUT2D eigenvalue weighted by Gasteiger charge is -2.29. The van der Waals surface area contributed by atoms with E-state index in [4.69, 9.17) is 10.5 Å². The first-order valence-electron chi connectivity index (χ1n) is 8.24. The molecule has 0 spiro atoms. The Bertz CT molecular complexity index is 565. The molecule has 0 aliphatic carbocycles. The fraction of sp³-hybridized carbons (Fsp3) is 0.632. The van der Waals surface area contributed by atoms with Crippen LogP contribution in [0, 0.1) is 0 Å². The number of phenolic OH excluding ortho intramolecular Hbond substituents is 1. The highest BCUT2D eigenvalue weighted by Crippen LogP contribution is 2.41. The number of aromatic hydroxyl groups is 1. The topological polar surface area (TPSA) is 72.5 Å². The summed E-state index contributed by atoms with van der Waals surface area (Å²) in [6.07, 6.45) is -1.95. The highest BCUT2D eigenvalue weighted by Gasteiger charge is 2.32. The lowest BCUT2D eigenvalue weighted by molar-refractivity contribution is -0.149. The number of halogens is 1. The number of carbonyl (C=O) groups excluding carboxylic acids is 1. The summed E-state index contributed by atoms with van der Waals surface area (Å²) >= 11 is 0. The number of rotatable bonds is 4. The van der Waals surface area contributed by atoms with E-state index in [1.54, 1.807) is 19.1 Å². The van der Waals surface area contributed by atoms with E-state index in [0.717, 1.165) is 0 Å². The Morgan fingerprint density at radius 2 is 1.58 bits per heavy atom. The zero-order chi connectivity index (χ0) is 18.9. The fourth-order valence-electron chi connectivity index (χ4n) is 2.53. The van der Waals surface area contributed by atoms with Crippen LogP contribution in [0.4, 0.5) is 4.39 Å². The maximum absolute atomic E-state index is 14.4. The van der Waals surface area contributed by atoms with Gasteiger partial charge in [-0.05, 0) is 46.6 Å². The molecule has 2 atom stereocenters. The molecule has 0 fully saturated rings. The zero-order valence-electron chi connectivity index (χ0n) is 15.7. The molecule has 0 radical (unpaired) electrons. The summed E-state index contributed by atoms with van der Waals surface area (Å²) in [5.41, 5.74) is 7.11. The minimum atomic E-state index is -1.95. The normalized spacial score (nSPS) is 15.0. The van der Waals surface area contributed by atoms with Crippen molar-refractivity contribution in [1.29, 1.82) is 0 Å². The van der Waals surface area contributed by atoms with E-state index in [9.17, 15) is 14.3 Å². The number of hydrogen-bond donors (Lipinski definition) is 2. The summed E-state index contributed by atoms with van der Waals surface area (Å²) in [4.78, 5) is 11.7. The van der Waals surface area contributed by atoms with Gasteiger partial charge in [0, 0.05) is 0 Å². The molecule has 0 bridgehead atoms. The molecule has 1 aromatic carbocycles. The van der Waals surface area contributed by atoms with Crippen LogP contribution in [0.25, 0.3) is 0 Å². The predicted octanol–water partition coefficient (Wildman–Crippen LogP) is 3.89. The van der Waals surface area contributed by atoms with E-state index in [1.807, 2.05) is 41.5 Å². The van der Waals surface area contributed by atoms with Gasteiger partial charge < -0.3 is 15.6 Å². The van der Waals surface area contributed by atoms with Crippen molar-refractivity contribution in [3.63, 3.8) is 0 Å². The summed E-state index contributed by atoms with van der Waals surface area (Å²) in [5, 5.41) is 10.7. The van der Waals surface area contributed by atoms with Crippen LogP contribution in [0.2, 0.25) is 0 Å². The maximum Gasteiger partial charge on any atom is 0.342 e. The van der Waals surface area contributed by atoms with E-state index in [2.05, 4.69) is 0 Å². The van der Waals surface area contributed by atoms with Gasteiger partial charge in [0.2, 0.25) is 6.17 Å². The molecule has 3 N–H and O–H groups in total. The van der Waals surface area contributed by atoms with Gasteiger partial charge in [0.15, 0.2) is 0 Å². The molecule has 1 rings (SSSR count). The third-order valence-corrected chi connectivity index (χ3v) is 3.96. The number of nitrogens with two attached hydrogens (primary N) is 1. The first-order chi connectivity index (χ1) is 10.8. The van der Waals surface area contributed by atoms with Crippen molar-refractivity contribution < 1.29 is 19.0 Å². The molecule has 0 aliphatic rings. The van der Waals surface area contributed by atoms with E-state index in [-0.39, 0.29) is 23.2 Å². The van der Waals surface area contributed by atoms with Crippen molar-refractivity contribution in [2.24, 2.45) is 5.73 Å². The Morgan fingerprint density at radius 1 is 1.17 bits per heavy atom. The molecule has 0 saturated carbocycles. The van der Waals surface area contributed by atoms with Crippen LogP contribution in [0.3, 0.4) is 0 Å². The van der Waals surface area contributed by atoms with Crippen LogP contribution < -0.4 is 5.73 Å². The van der Waals surface area contributed by atoms with Crippen LogP contribution in [-0.2, 0) is 20.4 Å². The first kappa shape index (κ1) is 20.4. The number of benzene rings is 1. The predicted molar refractivity (Wildman–Crippen MR) is 94.0 cm³/mol. The summed E-state index contributed by atoms with van der Waals surface area (Å²) in [5.74, 6) is -0.773. The van der Waals surface area contributed by atoms with Gasteiger partial charge in [-0.1, -0.05) is 41.5 Å². The van der Waals surface area contributed by atoms with Crippen molar-refractivity contribution in [2.75, 3.05) is 6.61 Å². The Labute approximate surface area is 144 Å². The molecule has 0 aliphatic heterocycles. The minimum absolute atomic E-state index is 0.0992. The first-order valence-corrected chi connectivity index (χ1v) is 8.24. The largest absolute Gasteiger partial charge is 0.507 e. The second kappa shape index (κ2) is 7.09. The zero-order valence-corrected chi connectivity index (χ0v) is 15.7. The van der Waals surface area contributed by atoms with E-state index >= 15 is 0 Å². The van der Waals surface area contributed by atoms with Crippen molar-refractivity contribution in [2.45, 2.75) is 71.5 Å². The number of carbonyl (C=O) groups is 1. The molecular formula is C19H30FNO3. The maximum atomic E-state index is 14.4. The standard InChI is InChI=1S/C19H30FNO3/c1-8-24-17(23)14(20)15(21)11-9-12(18(2,3)4)16(22)13(10-11)19(5,6)7/h9-10,14-15,22H,8,21H2,1-7H3/t14?,15-/m0/s1. The van der Waals surface area contributed by atoms with Crippen molar-refractivity contribution >= 4 is 5.97 Å². The lowest BCUT2D eigenvalue weighted by atomic mass is 9.77. The fourth-order valence-corrected chi connectivity index (χ4v) is 2.53. The van der Waals surface area contributed by atoms with Gasteiger partial charge in [0.05, 0.1) is 12.6 Å². The number of hydrogen-bond acceptors (Lipinski definition) is 4. The summed E-state index contributed by atoms with van der Waals surface area (Å²) in [7, 11) is 0. The smallest absolute Gasteiger partial charge is 0.342 e. The molecule has 136 valence electrons. The molecule has 0 aromatic heterocycles.